The molecule has 0 aliphatic carbocycles. The van der Waals surface area contributed by atoms with E-state index in [0.717, 1.165) is 6.54 Å². The molecule has 70 valence electrons. The molecular weight excluding hydrogens is 186 g/mol. The lowest BCUT2D eigenvalue weighted by Gasteiger charge is -2.01. The minimum Gasteiger partial charge on any atom is -0.463 e. The lowest BCUT2D eigenvalue weighted by molar-refractivity contribution is 0.560. The van der Waals surface area contributed by atoms with Crippen LogP contribution in [0.2, 0.25) is 0 Å². The first-order valence-corrected chi connectivity index (χ1v) is 4.34. The van der Waals surface area contributed by atoms with E-state index in [0.29, 0.717) is 10.9 Å². The average Bonchev–Trinajstić information content (AvgIpc) is 2.57. The van der Waals surface area contributed by atoms with Crippen LogP contribution < -0.4 is 10.7 Å². The molecule has 13 heavy (non-hydrogen) atoms. The van der Waals surface area contributed by atoms with Gasteiger partial charge in [0.1, 0.15) is 5.76 Å². The molecule has 0 amide bonds. The Labute approximate surface area is 82.0 Å². The van der Waals surface area contributed by atoms with Gasteiger partial charge >= 0.3 is 0 Å². The van der Waals surface area contributed by atoms with Gasteiger partial charge in [-0.15, -0.1) is 0 Å². The summed E-state index contributed by atoms with van der Waals surface area (Å²) in [5.41, 5.74) is 2.65. The minimum atomic E-state index is 0.505. The van der Waals surface area contributed by atoms with Crippen molar-refractivity contribution in [3.8, 4) is 0 Å². The van der Waals surface area contributed by atoms with Crippen LogP contribution in [0.15, 0.2) is 27.9 Å². The second kappa shape index (κ2) is 5.31. The SMILES string of the molecule is CCNC(=S)N/N=C\c1ccco1. The smallest absolute Gasteiger partial charge is 0.186 e. The van der Waals surface area contributed by atoms with Gasteiger partial charge in [-0.2, -0.15) is 5.10 Å². The molecule has 0 radical (unpaired) electrons. The van der Waals surface area contributed by atoms with Crippen molar-refractivity contribution in [1.29, 1.82) is 0 Å². The van der Waals surface area contributed by atoms with E-state index in [1.165, 1.54) is 0 Å². The summed E-state index contributed by atoms with van der Waals surface area (Å²) in [5.74, 6) is 0.687. The monoisotopic (exact) mass is 197 g/mol. The molecule has 1 aromatic heterocycles. The van der Waals surface area contributed by atoms with Crippen molar-refractivity contribution in [2.24, 2.45) is 5.10 Å². The maximum atomic E-state index is 5.02. The zero-order valence-electron chi connectivity index (χ0n) is 7.28. The molecule has 5 heteroatoms. The molecular formula is C8H11N3OS. The summed E-state index contributed by atoms with van der Waals surface area (Å²) < 4.78 is 5.02. The Hall–Kier alpha value is -1.36. The van der Waals surface area contributed by atoms with Crippen LogP contribution >= 0.6 is 12.2 Å². The highest BCUT2D eigenvalue weighted by molar-refractivity contribution is 7.80. The van der Waals surface area contributed by atoms with E-state index in [4.69, 9.17) is 16.6 Å². The van der Waals surface area contributed by atoms with E-state index < -0.39 is 0 Å². The molecule has 0 aliphatic rings. The van der Waals surface area contributed by atoms with Crippen LogP contribution in [0.5, 0.6) is 0 Å². The summed E-state index contributed by atoms with van der Waals surface area (Å²) in [4.78, 5) is 0. The number of rotatable bonds is 3. The number of nitrogens with one attached hydrogen (secondary N) is 2. The van der Waals surface area contributed by atoms with Gasteiger partial charge in [0.2, 0.25) is 0 Å². The van der Waals surface area contributed by atoms with Gasteiger partial charge in [0, 0.05) is 6.54 Å². The predicted octanol–water partition coefficient (Wildman–Crippen LogP) is 1.10. The van der Waals surface area contributed by atoms with Gasteiger partial charge < -0.3 is 9.73 Å². The highest BCUT2D eigenvalue weighted by Gasteiger charge is 1.89. The van der Waals surface area contributed by atoms with E-state index in [1.807, 2.05) is 13.0 Å². The van der Waals surface area contributed by atoms with Crippen LogP contribution in [0.3, 0.4) is 0 Å². The number of furan rings is 1. The Bertz CT molecular complexity index is 282. The molecule has 0 bridgehead atoms. The average molecular weight is 197 g/mol. The van der Waals surface area contributed by atoms with Crippen LogP contribution in [0.25, 0.3) is 0 Å². The molecule has 0 aromatic carbocycles. The predicted molar refractivity (Wildman–Crippen MR) is 55.7 cm³/mol. The largest absolute Gasteiger partial charge is 0.463 e. The summed E-state index contributed by atoms with van der Waals surface area (Å²) in [6, 6.07) is 3.60. The highest BCUT2D eigenvalue weighted by Crippen LogP contribution is 1.94. The summed E-state index contributed by atoms with van der Waals surface area (Å²) >= 11 is 4.88. The molecule has 2 N–H and O–H groups in total. The molecule has 0 fully saturated rings. The van der Waals surface area contributed by atoms with Crippen molar-refractivity contribution in [2.75, 3.05) is 6.54 Å². The summed E-state index contributed by atoms with van der Waals surface area (Å²) in [6.45, 7) is 2.74. The Balaban J connectivity index is 2.30. The second-order valence-electron chi connectivity index (χ2n) is 2.24. The molecule has 0 spiro atoms. The number of hydrogen-bond donors (Lipinski definition) is 2. The standard InChI is InChI=1S/C8H11N3OS/c1-2-9-8(13)11-10-6-7-4-3-5-12-7/h3-6H,2H2,1H3,(H2,9,11,13)/b10-6-. The van der Waals surface area contributed by atoms with Crippen LogP contribution in [0.1, 0.15) is 12.7 Å². The number of hydrogen-bond acceptors (Lipinski definition) is 3. The third-order valence-electron chi connectivity index (χ3n) is 1.24. The van der Waals surface area contributed by atoms with Crippen molar-refractivity contribution in [2.45, 2.75) is 6.92 Å². The van der Waals surface area contributed by atoms with Crippen LogP contribution in [-0.2, 0) is 0 Å². The maximum absolute atomic E-state index is 5.02. The second-order valence-corrected chi connectivity index (χ2v) is 2.65. The summed E-state index contributed by atoms with van der Waals surface area (Å²) in [6.07, 6.45) is 3.15. The van der Waals surface area contributed by atoms with E-state index in [-0.39, 0.29) is 0 Å². The van der Waals surface area contributed by atoms with Gasteiger partial charge in [-0.1, -0.05) is 0 Å². The van der Waals surface area contributed by atoms with Crippen molar-refractivity contribution in [1.82, 2.24) is 10.7 Å². The molecule has 4 nitrogen and oxygen atoms in total. The molecule has 0 saturated heterocycles. The molecule has 0 aliphatic heterocycles. The molecule has 0 unspecified atom stereocenters. The van der Waals surface area contributed by atoms with Crippen molar-refractivity contribution >= 4 is 23.5 Å². The first-order chi connectivity index (χ1) is 6.33. The third-order valence-corrected chi connectivity index (χ3v) is 1.47. The van der Waals surface area contributed by atoms with E-state index in [9.17, 15) is 0 Å². The van der Waals surface area contributed by atoms with Gasteiger partial charge in [0.15, 0.2) is 5.11 Å². The molecule has 1 rings (SSSR count). The Kier molecular flexibility index (Phi) is 3.98. The Morgan fingerprint density at radius 2 is 2.62 bits per heavy atom. The van der Waals surface area contributed by atoms with Crippen LogP contribution in [0, 0.1) is 0 Å². The van der Waals surface area contributed by atoms with E-state index in [1.54, 1.807) is 18.5 Å². The fraction of sp³-hybridized carbons (Fsp3) is 0.250. The first-order valence-electron chi connectivity index (χ1n) is 3.93. The van der Waals surface area contributed by atoms with E-state index >= 15 is 0 Å². The quantitative estimate of drug-likeness (QED) is 0.433. The Morgan fingerprint density at radius 1 is 1.77 bits per heavy atom. The topological polar surface area (TPSA) is 49.6 Å². The molecule has 1 aromatic rings. The number of thiocarbonyl (C=S) groups is 1. The molecule has 0 atom stereocenters. The Morgan fingerprint density at radius 3 is 3.23 bits per heavy atom. The number of nitrogens with zero attached hydrogens (tertiary/aromatic N) is 1. The van der Waals surface area contributed by atoms with Crippen LogP contribution in [0.4, 0.5) is 0 Å². The highest BCUT2D eigenvalue weighted by atomic mass is 32.1. The third kappa shape index (κ3) is 3.71. The van der Waals surface area contributed by atoms with Crippen LogP contribution in [-0.4, -0.2) is 17.9 Å². The summed E-state index contributed by atoms with van der Waals surface area (Å²) in [5, 5.41) is 7.27. The van der Waals surface area contributed by atoms with Crippen molar-refractivity contribution < 1.29 is 4.42 Å². The maximum Gasteiger partial charge on any atom is 0.186 e. The van der Waals surface area contributed by atoms with Gasteiger partial charge in [0.25, 0.3) is 0 Å². The van der Waals surface area contributed by atoms with Gasteiger partial charge in [-0.25, -0.2) is 0 Å². The first kappa shape index (κ1) is 9.73. The zero-order valence-corrected chi connectivity index (χ0v) is 8.10. The van der Waals surface area contributed by atoms with Crippen molar-refractivity contribution in [3.63, 3.8) is 0 Å². The summed E-state index contributed by atoms with van der Waals surface area (Å²) in [7, 11) is 0. The van der Waals surface area contributed by atoms with Gasteiger partial charge in [0.05, 0.1) is 12.5 Å². The fourth-order valence-electron chi connectivity index (χ4n) is 0.719. The lowest BCUT2D eigenvalue weighted by atomic mass is 10.5. The normalized spacial score (nSPS) is 10.2. The zero-order chi connectivity index (χ0) is 9.52. The molecule has 0 saturated carbocycles. The minimum absolute atomic E-state index is 0.505. The number of hydrazone groups is 1. The van der Waals surface area contributed by atoms with Gasteiger partial charge in [-0.3, -0.25) is 5.43 Å². The van der Waals surface area contributed by atoms with E-state index in [2.05, 4.69) is 15.8 Å². The lowest BCUT2D eigenvalue weighted by Crippen LogP contribution is -2.31. The van der Waals surface area contributed by atoms with Crippen molar-refractivity contribution in [3.05, 3.63) is 24.2 Å². The fourth-order valence-corrected chi connectivity index (χ4v) is 0.916. The van der Waals surface area contributed by atoms with Gasteiger partial charge in [-0.05, 0) is 31.3 Å². The molecule has 1 heterocycles.